The first-order valence-corrected chi connectivity index (χ1v) is 10.7. The van der Waals surface area contributed by atoms with Crippen LogP contribution in [-0.4, -0.2) is 47.8 Å². The number of hydrogen-bond acceptors (Lipinski definition) is 3. The molecule has 0 saturated carbocycles. The molecule has 0 aromatic heterocycles. The van der Waals surface area contributed by atoms with Gasteiger partial charge >= 0.3 is 0 Å². The first-order valence-electron chi connectivity index (χ1n) is 10.7. The van der Waals surface area contributed by atoms with Crippen molar-refractivity contribution in [3.8, 4) is 0 Å². The molecule has 0 aromatic carbocycles. The highest BCUT2D eigenvalue weighted by atomic mass is 16.4. The number of aliphatic hydroxyl groups is 1. The zero-order valence-electron chi connectivity index (χ0n) is 17.3. The van der Waals surface area contributed by atoms with Crippen molar-refractivity contribution < 1.29 is 19.5 Å². The number of carboxylic acid groups (broad SMARTS) is 1. The van der Waals surface area contributed by atoms with Crippen LogP contribution in [0.2, 0.25) is 0 Å². The highest BCUT2D eigenvalue weighted by Gasteiger charge is 2.32. The van der Waals surface area contributed by atoms with E-state index in [0.29, 0.717) is 19.5 Å². The van der Waals surface area contributed by atoms with Crippen molar-refractivity contribution in [3.05, 3.63) is 0 Å². The van der Waals surface area contributed by atoms with Crippen molar-refractivity contribution in [2.45, 2.75) is 98.0 Å². The highest BCUT2D eigenvalue weighted by Crippen LogP contribution is 2.20. The molecule has 2 atom stereocenters. The minimum atomic E-state index is -0.935. The van der Waals surface area contributed by atoms with E-state index in [9.17, 15) is 15.0 Å². The monoisotopic (exact) mass is 357 g/mol. The third-order valence-corrected chi connectivity index (χ3v) is 5.39. The molecule has 0 aliphatic carbocycles. The second kappa shape index (κ2) is 14.5. The maximum absolute atomic E-state index is 11.5. The number of carboxylic acids is 1. The summed E-state index contributed by atoms with van der Waals surface area (Å²) in [5.74, 6) is -1.35. The molecule has 1 N–H and O–H groups in total. The third-order valence-electron chi connectivity index (χ3n) is 5.39. The molecule has 0 fully saturated rings. The minimum absolute atomic E-state index is 0.329. The molecule has 0 aliphatic heterocycles. The smallest absolute Gasteiger partial charge is 0.105 e. The van der Waals surface area contributed by atoms with Crippen LogP contribution < -0.4 is 5.11 Å². The normalized spacial score (nSPS) is 14.4. The fourth-order valence-electron chi connectivity index (χ4n) is 3.72. The van der Waals surface area contributed by atoms with Crippen LogP contribution in [0.25, 0.3) is 0 Å². The Bertz CT molecular complexity index is 325. The van der Waals surface area contributed by atoms with E-state index in [2.05, 4.69) is 20.8 Å². The summed E-state index contributed by atoms with van der Waals surface area (Å²) in [6.07, 6.45) is 10.1. The number of nitrogens with zero attached hydrogens (tertiary/aromatic N) is 1. The topological polar surface area (TPSA) is 60.4 Å². The van der Waals surface area contributed by atoms with Crippen LogP contribution in [0.4, 0.5) is 0 Å². The van der Waals surface area contributed by atoms with Gasteiger partial charge in [-0.15, -0.1) is 0 Å². The van der Waals surface area contributed by atoms with Gasteiger partial charge in [0.2, 0.25) is 0 Å². The molecule has 0 heterocycles. The predicted molar refractivity (Wildman–Crippen MR) is 103 cm³/mol. The van der Waals surface area contributed by atoms with Gasteiger partial charge in [-0.2, -0.15) is 0 Å². The zero-order chi connectivity index (χ0) is 19.1. The maximum atomic E-state index is 11.5. The number of hydrogen-bond donors (Lipinski definition) is 1. The number of rotatable bonds is 17. The zero-order valence-corrected chi connectivity index (χ0v) is 17.3. The number of carbonyl (C=O) groups is 1. The molecule has 4 nitrogen and oxygen atoms in total. The van der Waals surface area contributed by atoms with Crippen molar-refractivity contribution in [2.24, 2.45) is 5.92 Å². The maximum Gasteiger partial charge on any atom is 0.105 e. The van der Waals surface area contributed by atoms with Gasteiger partial charge in [-0.3, -0.25) is 0 Å². The van der Waals surface area contributed by atoms with Crippen molar-refractivity contribution >= 4 is 5.97 Å². The van der Waals surface area contributed by atoms with E-state index in [1.807, 2.05) is 6.92 Å². The Hall–Kier alpha value is -0.610. The Balaban J connectivity index is 5.04. The van der Waals surface area contributed by atoms with E-state index < -0.39 is 11.9 Å². The molecule has 0 radical (unpaired) electrons. The summed E-state index contributed by atoms with van der Waals surface area (Å²) in [6, 6.07) is 0. The van der Waals surface area contributed by atoms with E-state index in [1.54, 1.807) is 0 Å². The van der Waals surface area contributed by atoms with E-state index in [-0.39, 0.29) is 6.10 Å². The predicted octanol–water partition coefficient (Wildman–Crippen LogP) is 3.51. The lowest BCUT2D eigenvalue weighted by Crippen LogP contribution is -2.57. The Morgan fingerprint density at radius 2 is 1.44 bits per heavy atom. The van der Waals surface area contributed by atoms with Crippen LogP contribution in [0, 0.1) is 5.92 Å². The van der Waals surface area contributed by atoms with Crippen LogP contribution in [0.1, 0.15) is 91.9 Å². The molecule has 150 valence electrons. The lowest BCUT2D eigenvalue weighted by Gasteiger charge is -2.43. The van der Waals surface area contributed by atoms with Gasteiger partial charge in [0, 0.05) is 5.92 Å². The molecule has 0 aromatic rings. The summed E-state index contributed by atoms with van der Waals surface area (Å²) in [5, 5.41) is 22.1. The molecule has 2 unspecified atom stereocenters. The summed E-state index contributed by atoms with van der Waals surface area (Å²) in [4.78, 5) is 11.5. The molecule has 25 heavy (non-hydrogen) atoms. The lowest BCUT2D eigenvalue weighted by atomic mass is 10.0. The van der Waals surface area contributed by atoms with Gasteiger partial charge in [-0.25, -0.2) is 0 Å². The fraction of sp³-hybridized carbons (Fsp3) is 0.952. The second-order valence-corrected chi connectivity index (χ2v) is 7.79. The largest absolute Gasteiger partial charge is 0.550 e. The standard InChI is InChI=1S/C21H43NO3/c1-5-9-12-13-14-20(23)18-22(15-10-6-2,16-11-7-3)17-19(8-4)21(24)25/h19-20,23H,5-18H2,1-4H3. The Kier molecular flexibility index (Phi) is 14.2. The van der Waals surface area contributed by atoms with Crippen molar-refractivity contribution in [1.29, 1.82) is 0 Å². The number of carbonyl (C=O) groups excluding carboxylic acids is 1. The summed E-state index contributed by atoms with van der Waals surface area (Å²) in [6.45, 7) is 11.7. The average Bonchev–Trinajstić information content (AvgIpc) is 2.59. The summed E-state index contributed by atoms with van der Waals surface area (Å²) < 4.78 is 0.739. The molecular weight excluding hydrogens is 314 g/mol. The second-order valence-electron chi connectivity index (χ2n) is 7.79. The third kappa shape index (κ3) is 10.9. The minimum Gasteiger partial charge on any atom is -0.550 e. The lowest BCUT2D eigenvalue weighted by molar-refractivity contribution is -0.933. The summed E-state index contributed by atoms with van der Waals surface area (Å²) >= 11 is 0. The van der Waals surface area contributed by atoms with Gasteiger partial charge in [-0.1, -0.05) is 66.2 Å². The first-order chi connectivity index (χ1) is 11.9. The van der Waals surface area contributed by atoms with Gasteiger partial charge < -0.3 is 19.5 Å². The molecular formula is C21H43NO3. The molecule has 0 bridgehead atoms. The van der Waals surface area contributed by atoms with Gasteiger partial charge in [0.05, 0.1) is 25.6 Å². The van der Waals surface area contributed by atoms with E-state index in [4.69, 9.17) is 0 Å². The first kappa shape index (κ1) is 24.4. The van der Waals surface area contributed by atoms with Gasteiger partial charge in [0.15, 0.2) is 0 Å². The molecule has 0 aliphatic rings. The summed E-state index contributed by atoms with van der Waals surface area (Å²) in [5.41, 5.74) is 0. The highest BCUT2D eigenvalue weighted by molar-refractivity contribution is 5.67. The molecule has 0 amide bonds. The van der Waals surface area contributed by atoms with Gasteiger partial charge in [0.1, 0.15) is 12.6 Å². The Labute approximate surface area is 156 Å². The Morgan fingerprint density at radius 3 is 1.88 bits per heavy atom. The fourth-order valence-corrected chi connectivity index (χ4v) is 3.72. The molecule has 4 heteroatoms. The number of aliphatic carboxylic acids is 1. The molecule has 0 saturated heterocycles. The van der Waals surface area contributed by atoms with Crippen LogP contribution in [0.5, 0.6) is 0 Å². The van der Waals surface area contributed by atoms with Crippen LogP contribution in [0.15, 0.2) is 0 Å². The Morgan fingerprint density at radius 1 is 0.880 bits per heavy atom. The molecule has 0 spiro atoms. The van der Waals surface area contributed by atoms with Crippen molar-refractivity contribution in [3.63, 3.8) is 0 Å². The van der Waals surface area contributed by atoms with Gasteiger partial charge in [0.25, 0.3) is 0 Å². The number of unbranched alkanes of at least 4 members (excludes halogenated alkanes) is 5. The van der Waals surface area contributed by atoms with Crippen molar-refractivity contribution in [1.82, 2.24) is 0 Å². The van der Waals surface area contributed by atoms with E-state index in [1.165, 1.54) is 19.3 Å². The SMILES string of the molecule is CCCCCCC(O)C[N+](CCCC)(CCCC)CC(CC)C(=O)[O-]. The van der Waals surface area contributed by atoms with Gasteiger partial charge in [-0.05, 0) is 25.7 Å². The molecule has 0 rings (SSSR count). The average molecular weight is 358 g/mol. The number of quaternary nitrogens is 1. The van der Waals surface area contributed by atoms with Crippen LogP contribution >= 0.6 is 0 Å². The summed E-state index contributed by atoms with van der Waals surface area (Å²) in [7, 11) is 0. The number of aliphatic hydroxyl groups excluding tert-OH is 1. The van der Waals surface area contributed by atoms with Crippen LogP contribution in [-0.2, 0) is 4.79 Å². The van der Waals surface area contributed by atoms with E-state index in [0.717, 1.165) is 56.1 Å². The quantitative estimate of drug-likeness (QED) is 0.320. The van der Waals surface area contributed by atoms with Crippen molar-refractivity contribution in [2.75, 3.05) is 26.2 Å². The van der Waals surface area contributed by atoms with Crippen LogP contribution in [0.3, 0.4) is 0 Å². The van der Waals surface area contributed by atoms with E-state index >= 15 is 0 Å².